The molecule has 0 radical (unpaired) electrons. The van der Waals surface area contributed by atoms with Gasteiger partial charge in [0.2, 0.25) is 5.82 Å². The minimum Gasteiger partial charge on any atom is -0.317 e. The van der Waals surface area contributed by atoms with Crippen molar-refractivity contribution >= 4 is 0 Å². The number of hydrogen-bond donors (Lipinski definition) is 0. The first-order valence-electron chi connectivity index (χ1n) is 4.06. The number of nitrogens with zero attached hydrogens (tertiary/aromatic N) is 5. The molecule has 0 unspecified atom stereocenters. The zero-order valence-corrected chi connectivity index (χ0v) is 7.33. The van der Waals surface area contributed by atoms with Crippen molar-refractivity contribution < 1.29 is 0 Å². The number of imidazole rings is 1. The zero-order valence-electron chi connectivity index (χ0n) is 7.33. The quantitative estimate of drug-likeness (QED) is 0.686. The molecule has 2 aromatic rings. The van der Waals surface area contributed by atoms with Crippen molar-refractivity contribution in [2.75, 3.05) is 0 Å². The highest BCUT2D eigenvalue weighted by molar-refractivity contribution is 5.13. The molecule has 0 amide bonds. The molecule has 2 heterocycles. The summed E-state index contributed by atoms with van der Waals surface area (Å²) in [6, 6.07) is 2.00. The van der Waals surface area contributed by atoms with Crippen molar-refractivity contribution in [3.8, 4) is 6.07 Å². The van der Waals surface area contributed by atoms with E-state index in [4.69, 9.17) is 5.26 Å². The van der Waals surface area contributed by atoms with Gasteiger partial charge in [0.15, 0.2) is 0 Å². The fraction of sp³-hybridized carbons (Fsp3) is 0.111. The van der Waals surface area contributed by atoms with Crippen LogP contribution in [0.15, 0.2) is 31.0 Å². The Morgan fingerprint density at radius 2 is 2.21 bits per heavy atom. The Hall–Kier alpha value is -2.22. The van der Waals surface area contributed by atoms with Crippen molar-refractivity contribution in [2.45, 2.75) is 6.54 Å². The molecule has 0 fully saturated rings. The van der Waals surface area contributed by atoms with Gasteiger partial charge in [-0.1, -0.05) is 0 Å². The normalized spacial score (nSPS) is 9.64. The Morgan fingerprint density at radius 3 is 2.93 bits per heavy atom. The first kappa shape index (κ1) is 8.38. The molecule has 0 N–H and O–H groups in total. The van der Waals surface area contributed by atoms with Gasteiger partial charge in [-0.15, -0.1) is 0 Å². The summed E-state index contributed by atoms with van der Waals surface area (Å²) in [5, 5.41) is 8.72. The third-order valence-corrected chi connectivity index (χ3v) is 1.76. The summed E-state index contributed by atoms with van der Waals surface area (Å²) in [7, 11) is 0. The molecule has 0 aliphatic carbocycles. The van der Waals surface area contributed by atoms with Crippen LogP contribution >= 0.6 is 0 Å². The van der Waals surface area contributed by atoms with Gasteiger partial charge in [-0.2, -0.15) is 5.26 Å². The average Bonchev–Trinajstić information content (AvgIpc) is 2.67. The molecule has 0 saturated heterocycles. The predicted octanol–water partition coefficient (Wildman–Crippen LogP) is 0.593. The molecule has 5 heteroatoms. The molecule has 0 bridgehead atoms. The van der Waals surface area contributed by atoms with Crippen LogP contribution in [0.1, 0.15) is 11.5 Å². The summed E-state index contributed by atoms with van der Waals surface area (Å²) >= 11 is 0. The lowest BCUT2D eigenvalue weighted by molar-refractivity contribution is 0.754. The van der Waals surface area contributed by atoms with Crippen molar-refractivity contribution in [3.63, 3.8) is 0 Å². The molecule has 0 aliphatic rings. The van der Waals surface area contributed by atoms with E-state index in [0.29, 0.717) is 12.4 Å². The van der Waals surface area contributed by atoms with Crippen molar-refractivity contribution in [1.82, 2.24) is 19.5 Å². The van der Waals surface area contributed by atoms with Gasteiger partial charge >= 0.3 is 0 Å². The molecule has 68 valence electrons. The molecule has 0 atom stereocenters. The molecule has 14 heavy (non-hydrogen) atoms. The van der Waals surface area contributed by atoms with Crippen molar-refractivity contribution in [3.05, 3.63) is 42.5 Å². The maximum atomic E-state index is 8.72. The lowest BCUT2D eigenvalue weighted by Crippen LogP contribution is -2.03. The molecular weight excluding hydrogens is 178 g/mol. The summed E-state index contributed by atoms with van der Waals surface area (Å²) in [5.41, 5.74) is 0.807. The highest BCUT2D eigenvalue weighted by Crippen LogP contribution is 2.00. The lowest BCUT2D eigenvalue weighted by atomic mass is 10.4. The monoisotopic (exact) mass is 185 g/mol. The van der Waals surface area contributed by atoms with Crippen LogP contribution in [0.5, 0.6) is 0 Å². The van der Waals surface area contributed by atoms with Crippen LogP contribution in [0.2, 0.25) is 0 Å². The van der Waals surface area contributed by atoms with E-state index in [1.165, 1.54) is 0 Å². The third kappa shape index (κ3) is 1.59. The van der Waals surface area contributed by atoms with Crippen LogP contribution in [0, 0.1) is 11.3 Å². The van der Waals surface area contributed by atoms with E-state index in [-0.39, 0.29) is 0 Å². The molecular formula is C9H7N5. The molecule has 5 nitrogen and oxygen atoms in total. The first-order valence-corrected chi connectivity index (χ1v) is 4.06. The van der Waals surface area contributed by atoms with Gasteiger partial charge in [0.1, 0.15) is 6.07 Å². The van der Waals surface area contributed by atoms with Gasteiger partial charge < -0.3 is 4.57 Å². The van der Waals surface area contributed by atoms with E-state index in [1.807, 2.05) is 6.07 Å². The first-order chi connectivity index (χ1) is 6.90. The van der Waals surface area contributed by atoms with Crippen LogP contribution in [0.25, 0.3) is 0 Å². The molecule has 0 aliphatic heterocycles. The summed E-state index contributed by atoms with van der Waals surface area (Å²) in [4.78, 5) is 11.9. The van der Waals surface area contributed by atoms with Crippen molar-refractivity contribution in [1.29, 1.82) is 5.26 Å². The summed E-state index contributed by atoms with van der Waals surface area (Å²) in [6.07, 6.45) is 8.24. The largest absolute Gasteiger partial charge is 0.317 e. The van der Waals surface area contributed by atoms with Gasteiger partial charge in [-0.3, -0.25) is 9.97 Å². The van der Waals surface area contributed by atoms with Gasteiger partial charge in [-0.05, 0) is 0 Å². The number of hydrogen-bond acceptors (Lipinski definition) is 4. The molecule has 2 rings (SSSR count). The zero-order chi connectivity index (χ0) is 9.80. The molecule has 2 aromatic heterocycles. The van der Waals surface area contributed by atoms with Crippen LogP contribution in [-0.4, -0.2) is 19.5 Å². The standard InChI is InChI=1S/C9H7N5/c10-5-9-13-3-4-14(9)7-8-6-11-1-2-12-8/h1-4,6H,7H2. The second-order valence-electron chi connectivity index (χ2n) is 2.69. The number of nitriles is 1. The minimum absolute atomic E-state index is 0.385. The summed E-state index contributed by atoms with van der Waals surface area (Å²) in [5.74, 6) is 0.385. The average molecular weight is 185 g/mol. The van der Waals surface area contributed by atoms with Crippen LogP contribution in [0.3, 0.4) is 0 Å². The number of rotatable bonds is 2. The van der Waals surface area contributed by atoms with Crippen LogP contribution in [0.4, 0.5) is 0 Å². The van der Waals surface area contributed by atoms with E-state index in [0.717, 1.165) is 5.69 Å². The van der Waals surface area contributed by atoms with E-state index in [1.54, 1.807) is 35.6 Å². The van der Waals surface area contributed by atoms with Gasteiger partial charge in [0.05, 0.1) is 18.4 Å². The maximum Gasteiger partial charge on any atom is 0.213 e. The Kier molecular flexibility index (Phi) is 2.19. The Bertz CT molecular complexity index is 454. The van der Waals surface area contributed by atoms with E-state index >= 15 is 0 Å². The van der Waals surface area contributed by atoms with Crippen molar-refractivity contribution in [2.24, 2.45) is 0 Å². The SMILES string of the molecule is N#Cc1nccn1Cc1cnccn1. The molecule has 0 aromatic carbocycles. The smallest absolute Gasteiger partial charge is 0.213 e. The van der Waals surface area contributed by atoms with E-state index in [9.17, 15) is 0 Å². The van der Waals surface area contributed by atoms with Gasteiger partial charge in [0.25, 0.3) is 0 Å². The van der Waals surface area contributed by atoms with E-state index in [2.05, 4.69) is 15.0 Å². The Labute approximate surface area is 80.7 Å². The minimum atomic E-state index is 0.385. The highest BCUT2D eigenvalue weighted by atomic mass is 15.1. The molecule has 0 spiro atoms. The summed E-state index contributed by atoms with van der Waals surface area (Å²) < 4.78 is 1.73. The summed E-state index contributed by atoms with van der Waals surface area (Å²) in [6.45, 7) is 0.525. The molecule has 0 saturated carbocycles. The highest BCUT2D eigenvalue weighted by Gasteiger charge is 2.01. The fourth-order valence-electron chi connectivity index (χ4n) is 1.14. The van der Waals surface area contributed by atoms with Gasteiger partial charge in [0, 0.05) is 24.8 Å². The Balaban J connectivity index is 2.24. The second-order valence-corrected chi connectivity index (χ2v) is 2.69. The third-order valence-electron chi connectivity index (χ3n) is 1.76. The van der Waals surface area contributed by atoms with Crippen LogP contribution < -0.4 is 0 Å². The Morgan fingerprint density at radius 1 is 1.29 bits per heavy atom. The predicted molar refractivity (Wildman–Crippen MR) is 48.1 cm³/mol. The maximum absolute atomic E-state index is 8.72. The fourth-order valence-corrected chi connectivity index (χ4v) is 1.14. The van der Waals surface area contributed by atoms with Crippen LogP contribution in [-0.2, 0) is 6.54 Å². The topological polar surface area (TPSA) is 67.4 Å². The van der Waals surface area contributed by atoms with E-state index < -0.39 is 0 Å². The second kappa shape index (κ2) is 3.66. The number of aromatic nitrogens is 4. The van der Waals surface area contributed by atoms with Gasteiger partial charge in [-0.25, -0.2) is 4.98 Å². The lowest BCUT2D eigenvalue weighted by Gasteiger charge is -2.01.